The summed E-state index contributed by atoms with van der Waals surface area (Å²) in [5, 5.41) is 0. The Morgan fingerprint density at radius 2 is 2.16 bits per heavy atom. The number of amides is 1. The summed E-state index contributed by atoms with van der Waals surface area (Å²) < 4.78 is 26.2. The molecule has 1 aromatic carbocycles. The molecule has 0 fully saturated rings. The first-order chi connectivity index (χ1) is 8.99. The molecule has 1 aromatic rings. The fraction of sp³-hybridized carbons (Fsp3) is 0.357. The van der Waals surface area contributed by atoms with E-state index in [0.717, 1.165) is 15.6 Å². The van der Waals surface area contributed by atoms with Gasteiger partial charge in [0.2, 0.25) is 5.91 Å². The molecule has 1 aliphatic heterocycles. The summed E-state index contributed by atoms with van der Waals surface area (Å²) in [4.78, 5) is 13.0. The average Bonchev–Trinajstić information content (AvgIpc) is 2.32. The van der Waals surface area contributed by atoms with Gasteiger partial charge in [-0.15, -0.1) is 0 Å². The van der Waals surface area contributed by atoms with Gasteiger partial charge < -0.3 is 4.90 Å². The lowest BCUT2D eigenvalue weighted by Crippen LogP contribution is -2.35. The molecule has 0 bridgehead atoms. The van der Waals surface area contributed by atoms with Gasteiger partial charge in [0.05, 0.1) is 6.54 Å². The molecule has 0 atom stereocenters. The van der Waals surface area contributed by atoms with Crippen LogP contribution in [-0.2, 0) is 4.79 Å². The fourth-order valence-corrected chi connectivity index (χ4v) is 2.70. The third-order valence-corrected chi connectivity index (χ3v) is 3.57. The van der Waals surface area contributed by atoms with Crippen LogP contribution in [0.25, 0.3) is 5.70 Å². The Balaban J connectivity index is 2.39. The van der Waals surface area contributed by atoms with Gasteiger partial charge in [0.1, 0.15) is 0 Å². The van der Waals surface area contributed by atoms with Crippen molar-refractivity contribution in [3.8, 4) is 0 Å². The summed E-state index contributed by atoms with van der Waals surface area (Å²) in [5.74, 6) is -0.236. The van der Waals surface area contributed by atoms with Crippen LogP contribution in [-0.4, -0.2) is 23.8 Å². The number of carbonyl (C=O) groups is 1. The summed E-state index contributed by atoms with van der Waals surface area (Å²) in [5.41, 5.74) is 2.38. The molecule has 2 rings (SSSR count). The number of allylic oxidation sites excluding steroid dienone is 1. The number of nitrogens with zero attached hydrogens (tertiary/aromatic N) is 1. The van der Waals surface area contributed by atoms with Gasteiger partial charge >= 0.3 is 0 Å². The highest BCUT2D eigenvalue weighted by molar-refractivity contribution is 9.10. The van der Waals surface area contributed by atoms with E-state index in [1.807, 2.05) is 31.2 Å². The van der Waals surface area contributed by atoms with Crippen LogP contribution in [0.3, 0.4) is 0 Å². The quantitative estimate of drug-likeness (QED) is 0.821. The third-order valence-electron chi connectivity index (χ3n) is 3.07. The Morgan fingerprint density at radius 1 is 1.42 bits per heavy atom. The van der Waals surface area contributed by atoms with E-state index in [4.69, 9.17) is 0 Å². The number of halogens is 3. The monoisotopic (exact) mass is 329 g/mol. The maximum absolute atomic E-state index is 12.6. The zero-order valence-electron chi connectivity index (χ0n) is 10.5. The van der Waals surface area contributed by atoms with Gasteiger partial charge in [-0.1, -0.05) is 28.1 Å². The predicted molar refractivity (Wildman–Crippen MR) is 73.8 cm³/mol. The molecule has 5 heteroatoms. The third kappa shape index (κ3) is 3.21. The fourth-order valence-electron chi connectivity index (χ4n) is 2.22. The van der Waals surface area contributed by atoms with Gasteiger partial charge in [0, 0.05) is 22.2 Å². The molecular formula is C14H14BrF2NO. The molecule has 0 N–H and O–H groups in total. The Labute approximate surface area is 119 Å². The standard InChI is InChI=1S/C14H14BrF2NO/c1-9-7-10(15)5-6-11(9)12-3-2-4-14(19)18(12)8-13(16)17/h3,5-7,13H,2,4,8H2,1H3. The molecule has 0 radical (unpaired) electrons. The Hall–Kier alpha value is -1.23. The van der Waals surface area contributed by atoms with Gasteiger partial charge in [0.25, 0.3) is 6.43 Å². The highest BCUT2D eigenvalue weighted by atomic mass is 79.9. The number of hydrogen-bond acceptors (Lipinski definition) is 1. The number of aryl methyl sites for hydroxylation is 1. The molecule has 0 spiro atoms. The van der Waals surface area contributed by atoms with Crippen molar-refractivity contribution < 1.29 is 13.6 Å². The van der Waals surface area contributed by atoms with Crippen LogP contribution in [0.4, 0.5) is 8.78 Å². The highest BCUT2D eigenvalue weighted by Gasteiger charge is 2.26. The van der Waals surface area contributed by atoms with Crippen molar-refractivity contribution in [1.82, 2.24) is 4.90 Å². The lowest BCUT2D eigenvalue weighted by atomic mass is 10.0. The molecule has 2 nitrogen and oxygen atoms in total. The van der Waals surface area contributed by atoms with Crippen molar-refractivity contribution in [2.45, 2.75) is 26.2 Å². The average molecular weight is 330 g/mol. The van der Waals surface area contributed by atoms with Crippen molar-refractivity contribution in [3.05, 3.63) is 39.9 Å². The molecule has 0 aliphatic carbocycles. The van der Waals surface area contributed by atoms with Crippen molar-refractivity contribution in [3.63, 3.8) is 0 Å². The summed E-state index contributed by atoms with van der Waals surface area (Å²) >= 11 is 3.37. The zero-order chi connectivity index (χ0) is 14.0. The van der Waals surface area contributed by atoms with Crippen LogP contribution >= 0.6 is 15.9 Å². The number of hydrogen-bond donors (Lipinski definition) is 0. The summed E-state index contributed by atoms with van der Waals surface area (Å²) in [6.45, 7) is 1.36. The molecule has 1 amide bonds. The van der Waals surface area contributed by atoms with Crippen molar-refractivity contribution in [2.24, 2.45) is 0 Å². The molecule has 0 saturated heterocycles. The zero-order valence-corrected chi connectivity index (χ0v) is 12.1. The van der Waals surface area contributed by atoms with E-state index in [0.29, 0.717) is 18.5 Å². The van der Waals surface area contributed by atoms with E-state index in [1.165, 1.54) is 4.90 Å². The lowest BCUT2D eigenvalue weighted by Gasteiger charge is -2.29. The predicted octanol–water partition coefficient (Wildman–Crippen LogP) is 3.99. The summed E-state index contributed by atoms with van der Waals surface area (Å²) in [6.07, 6.45) is 0.232. The maximum Gasteiger partial charge on any atom is 0.256 e. The van der Waals surface area contributed by atoms with Gasteiger partial charge in [0.15, 0.2) is 0 Å². The van der Waals surface area contributed by atoms with Gasteiger partial charge in [-0.05, 0) is 31.0 Å². The smallest absolute Gasteiger partial charge is 0.256 e. The molecule has 1 aliphatic rings. The normalized spacial score (nSPS) is 15.9. The van der Waals surface area contributed by atoms with E-state index >= 15 is 0 Å². The minimum absolute atomic E-state index is 0.236. The molecule has 1 heterocycles. The van der Waals surface area contributed by atoms with E-state index < -0.39 is 13.0 Å². The van der Waals surface area contributed by atoms with E-state index in [1.54, 1.807) is 0 Å². The molecule has 102 valence electrons. The van der Waals surface area contributed by atoms with Gasteiger partial charge in [-0.25, -0.2) is 8.78 Å². The second-order valence-electron chi connectivity index (χ2n) is 4.48. The van der Waals surface area contributed by atoms with E-state index in [-0.39, 0.29) is 5.91 Å². The number of carbonyl (C=O) groups excluding carboxylic acids is 1. The second-order valence-corrected chi connectivity index (χ2v) is 5.40. The van der Waals surface area contributed by atoms with E-state index in [2.05, 4.69) is 15.9 Å². The number of benzene rings is 1. The first kappa shape index (κ1) is 14.2. The number of rotatable bonds is 3. The minimum atomic E-state index is -2.53. The minimum Gasteiger partial charge on any atom is -0.306 e. The molecule has 0 unspecified atom stereocenters. The first-order valence-electron chi connectivity index (χ1n) is 6.04. The Kier molecular flexibility index (Phi) is 4.34. The van der Waals surface area contributed by atoms with Crippen LogP contribution in [0, 0.1) is 6.92 Å². The summed E-state index contributed by atoms with van der Waals surface area (Å²) in [6, 6.07) is 5.61. The molecule has 19 heavy (non-hydrogen) atoms. The van der Waals surface area contributed by atoms with Crippen LogP contribution in [0.1, 0.15) is 24.0 Å². The van der Waals surface area contributed by atoms with Crippen LogP contribution in [0.2, 0.25) is 0 Å². The van der Waals surface area contributed by atoms with Crippen molar-refractivity contribution in [2.75, 3.05) is 6.54 Å². The van der Waals surface area contributed by atoms with Gasteiger partial charge in [-0.2, -0.15) is 0 Å². The highest BCUT2D eigenvalue weighted by Crippen LogP contribution is 2.30. The van der Waals surface area contributed by atoms with Crippen LogP contribution in [0.5, 0.6) is 0 Å². The first-order valence-corrected chi connectivity index (χ1v) is 6.83. The van der Waals surface area contributed by atoms with Crippen LogP contribution in [0.15, 0.2) is 28.7 Å². The Morgan fingerprint density at radius 3 is 2.79 bits per heavy atom. The van der Waals surface area contributed by atoms with Crippen LogP contribution < -0.4 is 0 Å². The van der Waals surface area contributed by atoms with Crippen molar-refractivity contribution in [1.29, 1.82) is 0 Å². The topological polar surface area (TPSA) is 20.3 Å². The summed E-state index contributed by atoms with van der Waals surface area (Å²) in [7, 11) is 0. The second kappa shape index (κ2) is 5.82. The largest absolute Gasteiger partial charge is 0.306 e. The number of alkyl halides is 2. The van der Waals surface area contributed by atoms with Gasteiger partial charge in [-0.3, -0.25) is 4.79 Å². The SMILES string of the molecule is Cc1cc(Br)ccc1C1=CCCC(=O)N1CC(F)F. The molecule has 0 aromatic heterocycles. The molecule has 0 saturated carbocycles. The molecular weight excluding hydrogens is 316 g/mol. The lowest BCUT2D eigenvalue weighted by molar-refractivity contribution is -0.129. The Bertz CT molecular complexity index is 528. The van der Waals surface area contributed by atoms with Crippen molar-refractivity contribution >= 4 is 27.5 Å². The van der Waals surface area contributed by atoms with E-state index in [9.17, 15) is 13.6 Å². The maximum atomic E-state index is 12.6.